The first-order valence-corrected chi connectivity index (χ1v) is 7.83. The summed E-state index contributed by atoms with van der Waals surface area (Å²) in [5.41, 5.74) is 0.956. The van der Waals surface area contributed by atoms with Gasteiger partial charge in [0.25, 0.3) is 0 Å². The molecule has 4 fully saturated rings. The minimum Gasteiger partial charge on any atom is -0.380 e. The van der Waals surface area contributed by atoms with Crippen LogP contribution in [0.3, 0.4) is 0 Å². The summed E-state index contributed by atoms with van der Waals surface area (Å²) in [6, 6.07) is 0. The highest BCUT2D eigenvalue weighted by atomic mass is 16.5. The molecule has 0 aliphatic carbocycles. The SMILES string of the molecule is C1CC2(CCN1)COC2.CN1CCC2(CCO2)CC1. The molecule has 0 bridgehead atoms. The fourth-order valence-electron chi connectivity index (χ4n) is 3.45. The van der Waals surface area contributed by atoms with Gasteiger partial charge in [-0.15, -0.1) is 0 Å². The van der Waals surface area contributed by atoms with Gasteiger partial charge < -0.3 is 19.7 Å². The molecule has 0 aromatic carbocycles. The van der Waals surface area contributed by atoms with Gasteiger partial charge in [0.1, 0.15) is 0 Å². The molecule has 19 heavy (non-hydrogen) atoms. The number of hydrogen-bond donors (Lipinski definition) is 1. The molecule has 0 radical (unpaired) electrons. The van der Waals surface area contributed by atoms with Crippen molar-refractivity contribution in [2.24, 2.45) is 5.41 Å². The molecular weight excluding hydrogens is 240 g/mol. The average Bonchev–Trinajstić information content (AvgIpc) is 2.38. The summed E-state index contributed by atoms with van der Waals surface area (Å²) < 4.78 is 10.8. The van der Waals surface area contributed by atoms with Gasteiger partial charge in [-0.3, -0.25) is 0 Å². The molecule has 0 unspecified atom stereocenters. The first kappa shape index (κ1) is 13.8. The highest BCUT2D eigenvalue weighted by Gasteiger charge is 2.40. The molecule has 4 aliphatic rings. The van der Waals surface area contributed by atoms with Crippen LogP contribution in [0.2, 0.25) is 0 Å². The van der Waals surface area contributed by atoms with Crippen molar-refractivity contribution < 1.29 is 9.47 Å². The molecule has 0 aromatic heterocycles. The summed E-state index contributed by atoms with van der Waals surface area (Å²) in [5.74, 6) is 0. The third-order valence-corrected chi connectivity index (χ3v) is 5.34. The highest BCUT2D eigenvalue weighted by Crippen LogP contribution is 2.36. The molecule has 2 spiro atoms. The van der Waals surface area contributed by atoms with Crippen LogP contribution in [0.1, 0.15) is 32.1 Å². The lowest BCUT2D eigenvalue weighted by Crippen LogP contribution is -2.51. The van der Waals surface area contributed by atoms with Crippen molar-refractivity contribution in [3.63, 3.8) is 0 Å². The van der Waals surface area contributed by atoms with Crippen molar-refractivity contribution in [1.29, 1.82) is 0 Å². The lowest BCUT2D eigenvalue weighted by atomic mass is 9.77. The molecule has 4 heteroatoms. The van der Waals surface area contributed by atoms with Crippen LogP contribution in [0.25, 0.3) is 0 Å². The van der Waals surface area contributed by atoms with Gasteiger partial charge in [-0.1, -0.05) is 0 Å². The predicted octanol–water partition coefficient (Wildman–Crippen LogP) is 1.26. The standard InChI is InChI=1S/C8H15NO.C7H13NO/c1-9-5-2-8(3-6-9)4-7-10-8;1-3-8-4-2-7(1)5-9-6-7/h2-7H2,1H3;8H,1-6H2. The topological polar surface area (TPSA) is 33.7 Å². The molecule has 0 amide bonds. The number of nitrogens with one attached hydrogen (secondary N) is 1. The molecule has 4 aliphatic heterocycles. The van der Waals surface area contributed by atoms with Crippen LogP contribution in [0.5, 0.6) is 0 Å². The van der Waals surface area contributed by atoms with E-state index in [9.17, 15) is 0 Å². The zero-order chi connectivity index (χ0) is 13.2. The quantitative estimate of drug-likeness (QED) is 0.717. The van der Waals surface area contributed by atoms with E-state index in [0.29, 0.717) is 11.0 Å². The lowest BCUT2D eigenvalue weighted by Gasteiger charge is -2.46. The van der Waals surface area contributed by atoms with Crippen molar-refractivity contribution in [1.82, 2.24) is 10.2 Å². The zero-order valence-corrected chi connectivity index (χ0v) is 12.2. The van der Waals surface area contributed by atoms with E-state index in [4.69, 9.17) is 9.47 Å². The smallest absolute Gasteiger partial charge is 0.0728 e. The van der Waals surface area contributed by atoms with Crippen LogP contribution in [0.15, 0.2) is 0 Å². The average molecular weight is 268 g/mol. The van der Waals surface area contributed by atoms with Gasteiger partial charge in [-0.2, -0.15) is 0 Å². The third-order valence-electron chi connectivity index (χ3n) is 5.34. The zero-order valence-electron chi connectivity index (χ0n) is 12.2. The minimum absolute atomic E-state index is 0.340. The van der Waals surface area contributed by atoms with Crippen molar-refractivity contribution in [3.05, 3.63) is 0 Å². The minimum atomic E-state index is 0.340. The van der Waals surface area contributed by atoms with E-state index in [1.807, 2.05) is 0 Å². The maximum atomic E-state index is 5.58. The van der Waals surface area contributed by atoms with E-state index in [-0.39, 0.29) is 0 Å². The fraction of sp³-hybridized carbons (Fsp3) is 1.00. The molecule has 110 valence electrons. The Morgan fingerprint density at radius 2 is 1.58 bits per heavy atom. The maximum absolute atomic E-state index is 5.58. The molecule has 1 N–H and O–H groups in total. The molecule has 4 saturated heterocycles. The predicted molar refractivity (Wildman–Crippen MR) is 75.4 cm³/mol. The number of nitrogens with zero attached hydrogens (tertiary/aromatic N) is 1. The summed E-state index contributed by atoms with van der Waals surface area (Å²) >= 11 is 0. The normalized spacial score (nSPS) is 32.1. The van der Waals surface area contributed by atoms with Gasteiger partial charge in [0.15, 0.2) is 0 Å². The van der Waals surface area contributed by atoms with Gasteiger partial charge in [-0.05, 0) is 52.2 Å². The van der Waals surface area contributed by atoms with E-state index in [1.165, 1.54) is 58.3 Å². The Kier molecular flexibility index (Phi) is 4.13. The van der Waals surface area contributed by atoms with Crippen LogP contribution < -0.4 is 5.32 Å². The Morgan fingerprint density at radius 1 is 0.947 bits per heavy atom. The van der Waals surface area contributed by atoms with E-state index in [2.05, 4.69) is 17.3 Å². The largest absolute Gasteiger partial charge is 0.380 e. The van der Waals surface area contributed by atoms with Crippen molar-refractivity contribution in [2.75, 3.05) is 53.0 Å². The number of rotatable bonds is 0. The van der Waals surface area contributed by atoms with Crippen molar-refractivity contribution >= 4 is 0 Å². The monoisotopic (exact) mass is 268 g/mol. The molecule has 0 saturated carbocycles. The Balaban J connectivity index is 0.000000117. The van der Waals surface area contributed by atoms with E-state index >= 15 is 0 Å². The first-order valence-electron chi connectivity index (χ1n) is 7.83. The summed E-state index contributed by atoms with van der Waals surface area (Å²) in [5, 5.41) is 3.35. The number of ether oxygens (including phenoxy) is 2. The van der Waals surface area contributed by atoms with Gasteiger partial charge in [0.2, 0.25) is 0 Å². The van der Waals surface area contributed by atoms with E-state index < -0.39 is 0 Å². The molecule has 4 rings (SSSR count). The third kappa shape index (κ3) is 3.13. The first-order chi connectivity index (χ1) is 9.22. The molecule has 4 nitrogen and oxygen atoms in total. The summed E-state index contributed by atoms with van der Waals surface area (Å²) in [4.78, 5) is 2.38. The van der Waals surface area contributed by atoms with Gasteiger partial charge >= 0.3 is 0 Å². The van der Waals surface area contributed by atoms with Gasteiger partial charge in [-0.25, -0.2) is 0 Å². The van der Waals surface area contributed by atoms with Gasteiger partial charge in [0, 0.05) is 18.5 Å². The summed E-state index contributed by atoms with van der Waals surface area (Å²) in [6.45, 7) is 7.89. The fourth-order valence-corrected chi connectivity index (χ4v) is 3.45. The molecule has 0 aromatic rings. The van der Waals surface area contributed by atoms with Gasteiger partial charge in [0.05, 0.1) is 25.4 Å². The Hall–Kier alpha value is -0.160. The molecule has 0 atom stereocenters. The second-order valence-corrected chi connectivity index (χ2v) is 6.83. The summed E-state index contributed by atoms with van der Waals surface area (Å²) in [6.07, 6.45) is 6.47. The highest BCUT2D eigenvalue weighted by molar-refractivity contribution is 4.92. The van der Waals surface area contributed by atoms with Crippen LogP contribution in [-0.4, -0.2) is 63.5 Å². The second-order valence-electron chi connectivity index (χ2n) is 6.83. The van der Waals surface area contributed by atoms with Crippen LogP contribution in [0.4, 0.5) is 0 Å². The lowest BCUT2D eigenvalue weighted by molar-refractivity contribution is -0.171. The van der Waals surface area contributed by atoms with Crippen molar-refractivity contribution in [2.45, 2.75) is 37.7 Å². The van der Waals surface area contributed by atoms with Crippen molar-refractivity contribution in [3.8, 4) is 0 Å². The summed E-state index contributed by atoms with van der Waals surface area (Å²) in [7, 11) is 2.19. The van der Waals surface area contributed by atoms with E-state index in [1.54, 1.807) is 0 Å². The number of hydrogen-bond acceptors (Lipinski definition) is 4. The maximum Gasteiger partial charge on any atom is 0.0728 e. The van der Waals surface area contributed by atoms with Crippen LogP contribution in [-0.2, 0) is 9.47 Å². The number of likely N-dealkylation sites (tertiary alicyclic amines) is 1. The Labute approximate surface area is 116 Å². The van der Waals surface area contributed by atoms with Crippen LogP contribution >= 0.6 is 0 Å². The molecular formula is C15H28N2O2. The Morgan fingerprint density at radius 3 is 1.95 bits per heavy atom. The van der Waals surface area contributed by atoms with Crippen LogP contribution in [0, 0.1) is 5.41 Å². The second kappa shape index (κ2) is 5.68. The Bertz CT molecular complexity index is 283. The molecule has 4 heterocycles. The van der Waals surface area contributed by atoms with E-state index in [0.717, 1.165) is 19.8 Å². The number of piperidine rings is 2.